The van der Waals surface area contributed by atoms with Crippen LogP contribution >= 0.6 is 31.9 Å². The second kappa shape index (κ2) is 4.34. The molecule has 10 heteroatoms. The number of rotatable bonds is 4. The first-order chi connectivity index (χ1) is 5.84. The molecule has 0 aliphatic heterocycles. The molecular formula is C4H8Br2O6S2. The average Bonchev–Trinajstić information content (AvgIpc) is 1.75. The van der Waals surface area contributed by atoms with Gasteiger partial charge in [-0.1, -0.05) is 31.9 Å². The van der Waals surface area contributed by atoms with E-state index >= 15 is 0 Å². The van der Waals surface area contributed by atoms with E-state index in [4.69, 9.17) is 9.11 Å². The maximum absolute atomic E-state index is 10.8. The molecule has 0 heterocycles. The van der Waals surface area contributed by atoms with E-state index in [1.807, 2.05) is 0 Å². The molecule has 0 radical (unpaired) electrons. The molecule has 0 fully saturated rings. The van der Waals surface area contributed by atoms with Gasteiger partial charge in [0.2, 0.25) is 0 Å². The van der Waals surface area contributed by atoms with Gasteiger partial charge < -0.3 is 0 Å². The summed E-state index contributed by atoms with van der Waals surface area (Å²) in [5.74, 6) is -1.10. The van der Waals surface area contributed by atoms with Gasteiger partial charge in [0.1, 0.15) is 5.25 Å². The summed E-state index contributed by atoms with van der Waals surface area (Å²) in [6.45, 7) is 1.29. The highest BCUT2D eigenvalue weighted by Gasteiger charge is 2.41. The van der Waals surface area contributed by atoms with Gasteiger partial charge in [-0.3, -0.25) is 9.11 Å². The van der Waals surface area contributed by atoms with Gasteiger partial charge in [0, 0.05) is 0 Å². The molecule has 1 atom stereocenters. The van der Waals surface area contributed by atoms with E-state index in [1.54, 1.807) is 0 Å². The van der Waals surface area contributed by atoms with Crippen molar-refractivity contribution in [2.24, 2.45) is 0 Å². The lowest BCUT2D eigenvalue weighted by Gasteiger charge is -2.22. The first-order valence-electron chi connectivity index (χ1n) is 3.13. The molecule has 0 aromatic rings. The molecule has 0 bridgehead atoms. The molecule has 2 N–H and O–H groups in total. The zero-order valence-corrected chi connectivity index (χ0v) is 11.7. The Morgan fingerprint density at radius 1 is 1.21 bits per heavy atom. The minimum absolute atomic E-state index is 1.10. The van der Waals surface area contributed by atoms with Crippen molar-refractivity contribution in [1.82, 2.24) is 0 Å². The van der Waals surface area contributed by atoms with Crippen LogP contribution in [0.2, 0.25) is 0 Å². The van der Waals surface area contributed by atoms with Crippen molar-refractivity contribution in [3.05, 3.63) is 0 Å². The summed E-state index contributed by atoms with van der Waals surface area (Å²) in [6.07, 6.45) is 0. The fourth-order valence-electron chi connectivity index (χ4n) is 0.685. The lowest BCUT2D eigenvalue weighted by atomic mass is 10.4. The van der Waals surface area contributed by atoms with E-state index in [2.05, 4.69) is 31.9 Å². The Labute approximate surface area is 98.8 Å². The molecule has 0 saturated heterocycles. The minimum atomic E-state index is -4.59. The van der Waals surface area contributed by atoms with Gasteiger partial charge >= 0.3 is 0 Å². The third-order valence-electron chi connectivity index (χ3n) is 1.29. The minimum Gasteiger partial charge on any atom is -0.286 e. The third-order valence-corrected chi connectivity index (χ3v) is 5.32. The van der Waals surface area contributed by atoms with Crippen molar-refractivity contribution in [1.29, 1.82) is 0 Å². The molecule has 1 unspecified atom stereocenters. The van der Waals surface area contributed by atoms with Crippen molar-refractivity contribution in [2.45, 2.75) is 15.4 Å². The molecule has 86 valence electrons. The molecule has 0 aromatic carbocycles. The molecule has 0 aliphatic rings. The third kappa shape index (κ3) is 5.61. The summed E-state index contributed by atoms with van der Waals surface area (Å²) in [5, 5.41) is -1.70. The van der Waals surface area contributed by atoms with Crippen molar-refractivity contribution < 1.29 is 25.9 Å². The maximum atomic E-state index is 10.8. The Balaban J connectivity index is 5.18. The summed E-state index contributed by atoms with van der Waals surface area (Å²) < 4.78 is 58.3. The smallest absolute Gasteiger partial charge is 0.271 e. The van der Waals surface area contributed by atoms with Crippen LogP contribution in [0.25, 0.3) is 0 Å². The van der Waals surface area contributed by atoms with Gasteiger partial charge in [-0.15, -0.1) is 0 Å². The summed E-state index contributed by atoms with van der Waals surface area (Å²) in [4.78, 5) is 0. The van der Waals surface area contributed by atoms with Crippen LogP contribution < -0.4 is 0 Å². The number of halogens is 2. The molecule has 0 amide bonds. The fourth-order valence-corrected chi connectivity index (χ4v) is 5.30. The lowest BCUT2D eigenvalue weighted by molar-refractivity contribution is 0.455. The van der Waals surface area contributed by atoms with Gasteiger partial charge in [-0.25, -0.2) is 0 Å². The summed E-state index contributed by atoms with van der Waals surface area (Å²) in [5.41, 5.74) is 0. The van der Waals surface area contributed by atoms with Crippen LogP contribution in [0.4, 0.5) is 0 Å². The van der Waals surface area contributed by atoms with E-state index in [1.165, 1.54) is 6.92 Å². The lowest BCUT2D eigenvalue weighted by Crippen LogP contribution is -2.40. The fraction of sp³-hybridized carbons (Fsp3) is 1.00. The summed E-state index contributed by atoms with van der Waals surface area (Å²) >= 11 is 5.67. The predicted molar refractivity (Wildman–Crippen MR) is 58.0 cm³/mol. The topological polar surface area (TPSA) is 109 Å². The van der Waals surface area contributed by atoms with Crippen LogP contribution in [-0.2, 0) is 20.2 Å². The Morgan fingerprint density at radius 2 is 1.57 bits per heavy atom. The van der Waals surface area contributed by atoms with E-state index in [0.29, 0.717) is 0 Å². The molecule has 0 aliphatic carbocycles. The van der Waals surface area contributed by atoms with Crippen molar-refractivity contribution in [3.8, 4) is 0 Å². The van der Waals surface area contributed by atoms with E-state index < -0.39 is 34.5 Å². The highest BCUT2D eigenvalue weighted by atomic mass is 79.9. The average molecular weight is 376 g/mol. The van der Waals surface area contributed by atoms with Crippen LogP contribution in [0.5, 0.6) is 0 Å². The largest absolute Gasteiger partial charge is 0.286 e. The maximum Gasteiger partial charge on any atom is 0.271 e. The summed E-state index contributed by atoms with van der Waals surface area (Å²) in [6, 6.07) is 0. The quantitative estimate of drug-likeness (QED) is 0.551. The van der Waals surface area contributed by atoms with E-state index in [9.17, 15) is 16.8 Å². The van der Waals surface area contributed by atoms with Gasteiger partial charge in [0.25, 0.3) is 20.2 Å². The van der Waals surface area contributed by atoms with Crippen molar-refractivity contribution in [2.75, 3.05) is 5.75 Å². The Hall–Kier alpha value is 0.780. The second-order valence-electron chi connectivity index (χ2n) is 2.71. The molecule has 6 nitrogen and oxygen atoms in total. The molecule has 0 spiro atoms. The van der Waals surface area contributed by atoms with Crippen LogP contribution in [-0.4, -0.2) is 40.2 Å². The molecule has 14 heavy (non-hydrogen) atoms. The molecule has 0 rings (SSSR count). The van der Waals surface area contributed by atoms with E-state index in [-0.39, 0.29) is 0 Å². The predicted octanol–water partition coefficient (Wildman–Crippen LogP) is 0.637. The van der Waals surface area contributed by atoms with Crippen molar-refractivity contribution in [3.63, 3.8) is 0 Å². The SMILES string of the molecule is CC(Br)(Br)C(CS(=O)(=O)O)S(=O)(=O)O. The van der Waals surface area contributed by atoms with Gasteiger partial charge in [0.05, 0.1) is 8.99 Å². The Morgan fingerprint density at radius 3 is 1.64 bits per heavy atom. The second-order valence-corrected chi connectivity index (χ2v) is 10.2. The standard InChI is InChI=1S/C4H8Br2O6S2/c1-4(5,6)3(14(10,11)12)2-13(7,8)9/h3H,2H2,1H3,(H,7,8,9)(H,10,11,12). The zero-order valence-electron chi connectivity index (χ0n) is 6.88. The first kappa shape index (κ1) is 14.8. The number of alkyl halides is 2. The monoisotopic (exact) mass is 374 g/mol. The van der Waals surface area contributed by atoms with Crippen LogP contribution in [0.15, 0.2) is 0 Å². The zero-order chi connectivity index (χ0) is 11.8. The van der Waals surface area contributed by atoms with Crippen molar-refractivity contribution >= 4 is 52.1 Å². The molecular weight excluding hydrogens is 368 g/mol. The van der Waals surface area contributed by atoms with Gasteiger partial charge in [-0.2, -0.15) is 16.8 Å². The van der Waals surface area contributed by atoms with Crippen LogP contribution in [0.3, 0.4) is 0 Å². The van der Waals surface area contributed by atoms with E-state index in [0.717, 1.165) is 0 Å². The van der Waals surface area contributed by atoms with Crippen LogP contribution in [0, 0.1) is 0 Å². The van der Waals surface area contributed by atoms with Gasteiger partial charge in [0.15, 0.2) is 0 Å². The first-order valence-corrected chi connectivity index (χ1v) is 7.83. The molecule has 0 aromatic heterocycles. The highest BCUT2D eigenvalue weighted by Crippen LogP contribution is 2.33. The number of hydrogen-bond acceptors (Lipinski definition) is 4. The highest BCUT2D eigenvalue weighted by molar-refractivity contribution is 9.25. The Kier molecular flexibility index (Phi) is 4.58. The molecule has 0 saturated carbocycles. The van der Waals surface area contributed by atoms with Crippen LogP contribution in [0.1, 0.15) is 6.92 Å². The Bertz CT molecular complexity index is 390. The summed E-state index contributed by atoms with van der Waals surface area (Å²) in [7, 11) is -9.08. The normalized spacial score (nSPS) is 16.6. The number of hydrogen-bond donors (Lipinski definition) is 2. The van der Waals surface area contributed by atoms with Gasteiger partial charge in [-0.05, 0) is 6.92 Å².